The highest BCUT2D eigenvalue weighted by atomic mass is 32.2. The summed E-state index contributed by atoms with van der Waals surface area (Å²) in [7, 11) is -3.69. The molecule has 0 amide bonds. The quantitative estimate of drug-likeness (QED) is 0.323. The standard InChI is InChI=1S/C26H25FN2O4S/c1-26(2,3)17-8-10-20(11-9-17)34(32,33)15-28-19-13-16(12-18(27)14-19)23-21-6-4-5-7-22(21)29-24(23)25(30)31/h4-14,28-29H,15H2,1-3H3,(H,30,31). The third-order valence-corrected chi connectivity index (χ3v) is 7.17. The molecule has 1 aromatic heterocycles. The van der Waals surface area contributed by atoms with Gasteiger partial charge in [0.25, 0.3) is 0 Å². The van der Waals surface area contributed by atoms with Gasteiger partial charge in [-0.05, 0) is 52.9 Å². The van der Waals surface area contributed by atoms with Crippen LogP contribution < -0.4 is 5.32 Å². The molecule has 0 saturated carbocycles. The van der Waals surface area contributed by atoms with E-state index in [4.69, 9.17) is 0 Å². The first-order valence-corrected chi connectivity index (χ1v) is 12.3. The second-order valence-electron chi connectivity index (χ2n) is 9.16. The number of carboxylic acids is 1. The Morgan fingerprint density at radius 1 is 1.03 bits per heavy atom. The second-order valence-corrected chi connectivity index (χ2v) is 11.2. The van der Waals surface area contributed by atoms with Gasteiger partial charge in [-0.25, -0.2) is 17.6 Å². The van der Waals surface area contributed by atoms with Gasteiger partial charge in [0.1, 0.15) is 17.4 Å². The molecule has 176 valence electrons. The van der Waals surface area contributed by atoms with Crippen LogP contribution >= 0.6 is 0 Å². The van der Waals surface area contributed by atoms with Gasteiger partial charge in [0.2, 0.25) is 0 Å². The van der Waals surface area contributed by atoms with Gasteiger partial charge >= 0.3 is 5.97 Å². The van der Waals surface area contributed by atoms with Gasteiger partial charge < -0.3 is 15.4 Å². The van der Waals surface area contributed by atoms with E-state index < -0.39 is 27.5 Å². The summed E-state index contributed by atoms with van der Waals surface area (Å²) in [5.74, 6) is -2.23. The zero-order valence-electron chi connectivity index (χ0n) is 19.0. The number of benzene rings is 3. The van der Waals surface area contributed by atoms with Crippen molar-refractivity contribution >= 4 is 32.4 Å². The molecule has 8 heteroatoms. The first-order valence-electron chi connectivity index (χ1n) is 10.7. The maximum Gasteiger partial charge on any atom is 0.352 e. The summed E-state index contributed by atoms with van der Waals surface area (Å²) in [6.45, 7) is 6.13. The first-order chi connectivity index (χ1) is 16.0. The Labute approximate surface area is 197 Å². The Morgan fingerprint density at radius 3 is 2.35 bits per heavy atom. The fourth-order valence-electron chi connectivity index (χ4n) is 3.86. The van der Waals surface area contributed by atoms with E-state index in [1.54, 1.807) is 54.6 Å². The van der Waals surface area contributed by atoms with Gasteiger partial charge in [-0.2, -0.15) is 0 Å². The Morgan fingerprint density at radius 2 is 1.71 bits per heavy atom. The van der Waals surface area contributed by atoms with Crippen LogP contribution in [-0.2, 0) is 15.3 Å². The van der Waals surface area contributed by atoms with Gasteiger partial charge in [0, 0.05) is 22.2 Å². The predicted octanol–water partition coefficient (Wildman–Crippen LogP) is 5.81. The van der Waals surface area contributed by atoms with Crippen LogP contribution in [0.3, 0.4) is 0 Å². The number of halogens is 1. The average Bonchev–Trinajstić information content (AvgIpc) is 3.17. The van der Waals surface area contributed by atoms with E-state index in [-0.39, 0.29) is 21.7 Å². The van der Waals surface area contributed by atoms with E-state index in [9.17, 15) is 22.7 Å². The Bertz CT molecular complexity index is 1480. The van der Waals surface area contributed by atoms with Crippen LogP contribution in [0.5, 0.6) is 0 Å². The number of aromatic nitrogens is 1. The van der Waals surface area contributed by atoms with Crippen LogP contribution in [0.1, 0.15) is 36.8 Å². The molecule has 4 rings (SSSR count). The van der Waals surface area contributed by atoms with Crippen LogP contribution in [0.25, 0.3) is 22.0 Å². The van der Waals surface area contributed by atoms with Crippen LogP contribution in [0, 0.1) is 5.82 Å². The number of hydrogen-bond acceptors (Lipinski definition) is 4. The molecule has 0 aliphatic carbocycles. The average molecular weight is 481 g/mol. The number of para-hydroxylation sites is 1. The molecule has 1 heterocycles. The SMILES string of the molecule is CC(C)(C)c1ccc(S(=O)(=O)CNc2cc(F)cc(-c3c(C(=O)O)[nH]c4ccccc34)c2)cc1. The number of H-pyrrole nitrogens is 1. The zero-order valence-corrected chi connectivity index (χ0v) is 19.8. The predicted molar refractivity (Wildman–Crippen MR) is 131 cm³/mol. The number of nitrogens with one attached hydrogen (secondary N) is 2. The van der Waals surface area contributed by atoms with Crippen molar-refractivity contribution in [2.24, 2.45) is 0 Å². The Hall–Kier alpha value is -3.65. The fraction of sp³-hybridized carbons (Fsp3) is 0.192. The summed E-state index contributed by atoms with van der Waals surface area (Å²) in [4.78, 5) is 14.8. The van der Waals surface area contributed by atoms with Crippen molar-refractivity contribution in [1.82, 2.24) is 4.98 Å². The minimum atomic E-state index is -3.69. The molecular formula is C26H25FN2O4S. The summed E-state index contributed by atoms with van der Waals surface area (Å²) < 4.78 is 40.2. The molecular weight excluding hydrogens is 455 g/mol. The van der Waals surface area contributed by atoms with Crippen molar-refractivity contribution in [2.45, 2.75) is 31.1 Å². The molecule has 6 nitrogen and oxygen atoms in total. The summed E-state index contributed by atoms with van der Waals surface area (Å²) in [6.07, 6.45) is 0. The lowest BCUT2D eigenvalue weighted by Crippen LogP contribution is -2.16. The van der Waals surface area contributed by atoms with E-state index in [1.165, 1.54) is 12.1 Å². The molecule has 0 bridgehead atoms. The fourth-order valence-corrected chi connectivity index (χ4v) is 4.94. The Balaban J connectivity index is 1.65. The molecule has 0 spiro atoms. The minimum absolute atomic E-state index is 0.0655. The number of fused-ring (bicyclic) bond motifs is 1. The minimum Gasteiger partial charge on any atom is -0.477 e. The van der Waals surface area contributed by atoms with E-state index >= 15 is 0 Å². The highest BCUT2D eigenvalue weighted by molar-refractivity contribution is 7.91. The van der Waals surface area contributed by atoms with E-state index in [2.05, 4.69) is 10.3 Å². The third-order valence-electron chi connectivity index (χ3n) is 5.65. The number of hydrogen-bond donors (Lipinski definition) is 3. The topological polar surface area (TPSA) is 99.3 Å². The summed E-state index contributed by atoms with van der Waals surface area (Å²) >= 11 is 0. The number of aromatic amines is 1. The van der Waals surface area contributed by atoms with Crippen LogP contribution in [0.15, 0.2) is 71.6 Å². The second kappa shape index (κ2) is 8.61. The zero-order chi connectivity index (χ0) is 24.7. The van der Waals surface area contributed by atoms with Crippen molar-refractivity contribution in [3.05, 3.63) is 83.8 Å². The lowest BCUT2D eigenvalue weighted by Gasteiger charge is -2.19. The van der Waals surface area contributed by atoms with Gasteiger partial charge in [-0.1, -0.05) is 51.1 Å². The number of carbonyl (C=O) groups is 1. The van der Waals surface area contributed by atoms with Crippen LogP contribution in [-0.4, -0.2) is 30.4 Å². The number of anilines is 1. The van der Waals surface area contributed by atoms with Crippen LogP contribution in [0.4, 0.5) is 10.1 Å². The molecule has 34 heavy (non-hydrogen) atoms. The van der Waals surface area contributed by atoms with Crippen molar-refractivity contribution in [3.8, 4) is 11.1 Å². The Kier molecular flexibility index (Phi) is 5.95. The van der Waals surface area contributed by atoms with Crippen molar-refractivity contribution < 1.29 is 22.7 Å². The summed E-state index contributed by atoms with van der Waals surface area (Å²) in [5, 5.41) is 13.1. The number of aromatic carboxylic acids is 1. The van der Waals surface area contributed by atoms with E-state index in [0.29, 0.717) is 22.0 Å². The molecule has 0 fully saturated rings. The number of sulfone groups is 1. The molecule has 3 aromatic carbocycles. The molecule has 3 N–H and O–H groups in total. The lowest BCUT2D eigenvalue weighted by molar-refractivity contribution is 0.0692. The van der Waals surface area contributed by atoms with E-state index in [1.807, 2.05) is 20.8 Å². The number of carboxylic acid groups (broad SMARTS) is 1. The van der Waals surface area contributed by atoms with Crippen molar-refractivity contribution in [1.29, 1.82) is 0 Å². The van der Waals surface area contributed by atoms with Gasteiger partial charge in [-0.3, -0.25) is 0 Å². The largest absolute Gasteiger partial charge is 0.477 e. The molecule has 0 atom stereocenters. The normalized spacial score (nSPS) is 12.1. The third kappa shape index (κ3) is 4.68. The maximum absolute atomic E-state index is 14.5. The highest BCUT2D eigenvalue weighted by Gasteiger charge is 2.21. The molecule has 0 saturated heterocycles. The maximum atomic E-state index is 14.5. The molecule has 0 aliphatic rings. The monoisotopic (exact) mass is 480 g/mol. The van der Waals surface area contributed by atoms with Gasteiger partial charge in [0.15, 0.2) is 9.84 Å². The molecule has 0 radical (unpaired) electrons. The van der Waals surface area contributed by atoms with Gasteiger partial charge in [0.05, 0.1) is 4.90 Å². The lowest BCUT2D eigenvalue weighted by atomic mass is 9.87. The van der Waals surface area contributed by atoms with Gasteiger partial charge in [-0.15, -0.1) is 0 Å². The molecule has 0 unspecified atom stereocenters. The summed E-state index contributed by atoms with van der Waals surface area (Å²) in [6, 6.07) is 17.7. The highest BCUT2D eigenvalue weighted by Crippen LogP contribution is 2.34. The number of rotatable bonds is 6. The van der Waals surface area contributed by atoms with Crippen molar-refractivity contribution in [2.75, 3.05) is 11.2 Å². The smallest absolute Gasteiger partial charge is 0.352 e. The first kappa shape index (κ1) is 23.5. The van der Waals surface area contributed by atoms with Crippen molar-refractivity contribution in [3.63, 3.8) is 0 Å². The summed E-state index contributed by atoms with van der Waals surface area (Å²) in [5.41, 5.74) is 2.35. The molecule has 4 aromatic rings. The van der Waals surface area contributed by atoms with Crippen LogP contribution in [0.2, 0.25) is 0 Å². The van der Waals surface area contributed by atoms with E-state index in [0.717, 1.165) is 5.56 Å². The molecule has 0 aliphatic heterocycles.